The Hall–Kier alpha value is -2.80. The number of benzene rings is 2. The summed E-state index contributed by atoms with van der Waals surface area (Å²) in [4.78, 5) is 11.9. The Bertz CT molecular complexity index is 671. The summed E-state index contributed by atoms with van der Waals surface area (Å²) in [7, 11) is 0. The summed E-state index contributed by atoms with van der Waals surface area (Å²) in [5.41, 5.74) is 8.32. The second-order valence-corrected chi connectivity index (χ2v) is 4.59. The van der Waals surface area contributed by atoms with Crippen LogP contribution >= 0.6 is 0 Å². The topological polar surface area (TPSA) is 78.3 Å². The van der Waals surface area contributed by atoms with Gasteiger partial charge in [0.15, 0.2) is 0 Å². The van der Waals surface area contributed by atoms with E-state index in [0.29, 0.717) is 17.7 Å². The van der Waals surface area contributed by atoms with Gasteiger partial charge >= 0.3 is 6.61 Å². The Balaban J connectivity index is 1.91. The van der Waals surface area contributed by atoms with Crippen molar-refractivity contribution in [2.24, 2.45) is 5.10 Å². The molecule has 1 amide bonds. The van der Waals surface area contributed by atoms with E-state index in [9.17, 15) is 13.6 Å². The van der Waals surface area contributed by atoms with Crippen LogP contribution < -0.4 is 15.9 Å². The Kier molecular flexibility index (Phi) is 5.76. The molecule has 0 saturated heterocycles. The molecule has 0 heterocycles. The molecule has 5 nitrogen and oxygen atoms in total. The number of carbonyl (C=O) groups excluding carboxylic acids is 1. The van der Waals surface area contributed by atoms with Crippen molar-refractivity contribution in [3.63, 3.8) is 0 Å². The maximum atomic E-state index is 12.0. The van der Waals surface area contributed by atoms with E-state index in [1.807, 2.05) is 12.1 Å². The Morgan fingerprint density at radius 3 is 2.39 bits per heavy atom. The van der Waals surface area contributed by atoms with Gasteiger partial charge in [-0.2, -0.15) is 13.9 Å². The number of amides is 1. The van der Waals surface area contributed by atoms with E-state index in [1.165, 1.54) is 18.3 Å². The minimum absolute atomic E-state index is 0.0617. The summed E-state index contributed by atoms with van der Waals surface area (Å²) in [5.74, 6) is -0.277. The first-order valence-electron chi connectivity index (χ1n) is 6.85. The van der Waals surface area contributed by atoms with Crippen molar-refractivity contribution in [2.45, 2.75) is 13.2 Å². The van der Waals surface area contributed by atoms with Crippen LogP contribution in [0.25, 0.3) is 0 Å². The maximum Gasteiger partial charge on any atom is 0.387 e. The number of halogens is 2. The zero-order chi connectivity index (χ0) is 16.7. The molecule has 0 aliphatic rings. The van der Waals surface area contributed by atoms with Gasteiger partial charge in [0.05, 0.1) is 12.8 Å². The zero-order valence-corrected chi connectivity index (χ0v) is 12.2. The van der Waals surface area contributed by atoms with Crippen LogP contribution in [-0.2, 0) is 6.54 Å². The summed E-state index contributed by atoms with van der Waals surface area (Å²) in [6.45, 7) is -2.20. The number of hydrogen-bond acceptors (Lipinski definition) is 3. The summed E-state index contributed by atoms with van der Waals surface area (Å²) in [5, 5.41) is 3.83. The summed E-state index contributed by atoms with van der Waals surface area (Å²) < 4.78 is 28.3. The molecule has 7 heteroatoms. The van der Waals surface area contributed by atoms with Crippen molar-refractivity contribution in [3.8, 4) is 5.75 Å². The van der Waals surface area contributed by atoms with Crippen molar-refractivity contribution >= 4 is 12.1 Å². The SMILES string of the molecule is [NH3+]Cc1ccc(C(=O)N/N=C\c2ccc(OC(F)F)cc2)cc1. The van der Waals surface area contributed by atoms with Gasteiger partial charge in [-0.1, -0.05) is 12.1 Å². The lowest BCUT2D eigenvalue weighted by atomic mass is 10.1. The van der Waals surface area contributed by atoms with Crippen LogP contribution in [0.5, 0.6) is 5.75 Å². The van der Waals surface area contributed by atoms with Gasteiger partial charge in [-0.15, -0.1) is 0 Å². The number of alkyl halides is 2. The second kappa shape index (κ2) is 8.00. The molecule has 2 aromatic rings. The normalized spacial score (nSPS) is 11.0. The van der Waals surface area contributed by atoms with E-state index < -0.39 is 6.61 Å². The third kappa shape index (κ3) is 5.15. The number of hydrazone groups is 1. The first kappa shape index (κ1) is 16.6. The van der Waals surface area contributed by atoms with Gasteiger partial charge in [-0.25, -0.2) is 5.43 Å². The summed E-state index contributed by atoms with van der Waals surface area (Å²) in [6.07, 6.45) is 1.41. The number of carbonyl (C=O) groups is 1. The molecule has 2 rings (SSSR count). The number of quaternary nitrogens is 1. The van der Waals surface area contributed by atoms with Crippen LogP contribution in [-0.4, -0.2) is 18.7 Å². The molecule has 4 N–H and O–H groups in total. The van der Waals surface area contributed by atoms with Crippen molar-refractivity contribution in [1.82, 2.24) is 5.43 Å². The molecule has 0 fully saturated rings. The smallest absolute Gasteiger partial charge is 0.387 e. The molecule has 0 aliphatic carbocycles. The number of nitrogens with one attached hydrogen (secondary N) is 1. The highest BCUT2D eigenvalue weighted by Crippen LogP contribution is 2.13. The fourth-order valence-electron chi connectivity index (χ4n) is 1.79. The van der Waals surface area contributed by atoms with Crippen LogP contribution in [0.3, 0.4) is 0 Å². The van der Waals surface area contributed by atoms with Gasteiger partial charge in [0.1, 0.15) is 5.75 Å². The van der Waals surface area contributed by atoms with Crippen molar-refractivity contribution in [3.05, 3.63) is 65.2 Å². The fraction of sp³-hybridized carbons (Fsp3) is 0.125. The van der Waals surface area contributed by atoms with Gasteiger partial charge in [-0.05, 0) is 42.0 Å². The minimum atomic E-state index is -2.86. The van der Waals surface area contributed by atoms with Crippen LogP contribution in [0.2, 0.25) is 0 Å². The van der Waals surface area contributed by atoms with Gasteiger partial charge in [0, 0.05) is 11.1 Å². The van der Waals surface area contributed by atoms with Crippen molar-refractivity contribution in [1.29, 1.82) is 0 Å². The molecule has 0 spiro atoms. The van der Waals surface area contributed by atoms with Crippen LogP contribution in [0.15, 0.2) is 53.6 Å². The number of rotatable bonds is 6. The molecule has 0 unspecified atom stereocenters. The monoisotopic (exact) mass is 320 g/mol. The van der Waals surface area contributed by atoms with Gasteiger partial charge < -0.3 is 10.5 Å². The molecule has 0 radical (unpaired) electrons. The van der Waals surface area contributed by atoms with E-state index in [4.69, 9.17) is 0 Å². The lowest BCUT2D eigenvalue weighted by Gasteiger charge is -2.03. The lowest BCUT2D eigenvalue weighted by molar-refractivity contribution is -0.386. The van der Waals surface area contributed by atoms with Gasteiger partial charge in [0.2, 0.25) is 0 Å². The van der Waals surface area contributed by atoms with Crippen LogP contribution in [0, 0.1) is 0 Å². The molecule has 0 saturated carbocycles. The fourth-order valence-corrected chi connectivity index (χ4v) is 1.79. The average Bonchev–Trinajstić information content (AvgIpc) is 2.56. The number of ether oxygens (including phenoxy) is 1. The van der Waals surface area contributed by atoms with Gasteiger partial charge in [-0.3, -0.25) is 4.79 Å². The highest BCUT2D eigenvalue weighted by atomic mass is 19.3. The maximum absolute atomic E-state index is 12.0. The molecule has 2 aromatic carbocycles. The van der Waals surface area contributed by atoms with Crippen molar-refractivity contribution < 1.29 is 24.0 Å². The standard InChI is InChI=1S/C16H15F2N3O2/c17-16(18)23-14-7-3-12(4-8-14)10-20-21-15(22)13-5-1-11(9-19)2-6-13/h1-8,10,16H,9,19H2,(H,21,22)/p+1/b20-10-. The summed E-state index contributed by atoms with van der Waals surface area (Å²) in [6, 6.07) is 12.9. The van der Waals surface area contributed by atoms with E-state index in [1.54, 1.807) is 24.3 Å². The molecule has 0 aromatic heterocycles. The highest BCUT2D eigenvalue weighted by molar-refractivity contribution is 5.94. The molecule has 0 aliphatic heterocycles. The van der Waals surface area contributed by atoms with E-state index in [-0.39, 0.29) is 11.7 Å². The van der Waals surface area contributed by atoms with E-state index in [2.05, 4.69) is 21.0 Å². The predicted molar refractivity (Wildman–Crippen MR) is 81.2 cm³/mol. The summed E-state index contributed by atoms with van der Waals surface area (Å²) >= 11 is 0. The number of nitrogens with zero attached hydrogens (tertiary/aromatic N) is 1. The highest BCUT2D eigenvalue weighted by Gasteiger charge is 2.04. The largest absolute Gasteiger partial charge is 0.435 e. The minimum Gasteiger partial charge on any atom is -0.435 e. The second-order valence-electron chi connectivity index (χ2n) is 4.59. The molecule has 23 heavy (non-hydrogen) atoms. The third-order valence-corrected chi connectivity index (χ3v) is 2.99. The Labute approximate surface area is 131 Å². The Morgan fingerprint density at radius 1 is 1.17 bits per heavy atom. The molecular formula is C16H16F2N3O2+. The van der Waals surface area contributed by atoms with Gasteiger partial charge in [0.25, 0.3) is 5.91 Å². The lowest BCUT2D eigenvalue weighted by Crippen LogP contribution is -2.47. The van der Waals surface area contributed by atoms with E-state index >= 15 is 0 Å². The molecule has 0 atom stereocenters. The zero-order valence-electron chi connectivity index (χ0n) is 12.2. The van der Waals surface area contributed by atoms with E-state index in [0.717, 1.165) is 5.56 Å². The first-order valence-corrected chi connectivity index (χ1v) is 6.85. The van der Waals surface area contributed by atoms with Crippen molar-refractivity contribution in [2.75, 3.05) is 0 Å². The van der Waals surface area contributed by atoms with Crippen LogP contribution in [0.1, 0.15) is 21.5 Å². The van der Waals surface area contributed by atoms with Crippen LogP contribution in [0.4, 0.5) is 8.78 Å². The molecule has 120 valence electrons. The quantitative estimate of drug-likeness (QED) is 0.629. The average molecular weight is 320 g/mol. The first-order chi connectivity index (χ1) is 11.1. The predicted octanol–water partition coefficient (Wildman–Crippen LogP) is 1.79. The Morgan fingerprint density at radius 2 is 1.83 bits per heavy atom. The number of hydrogen-bond donors (Lipinski definition) is 2. The molecule has 0 bridgehead atoms. The third-order valence-electron chi connectivity index (χ3n) is 2.99. The molecular weight excluding hydrogens is 304 g/mol.